The van der Waals surface area contributed by atoms with Crippen molar-refractivity contribution >= 4 is 17.4 Å². The van der Waals surface area contributed by atoms with Crippen molar-refractivity contribution in [1.29, 1.82) is 0 Å². The van der Waals surface area contributed by atoms with E-state index in [-0.39, 0.29) is 12.2 Å². The normalized spacial score (nSPS) is 10.7. The highest BCUT2D eigenvalue weighted by molar-refractivity contribution is 5.79. The van der Waals surface area contributed by atoms with E-state index in [0.29, 0.717) is 6.47 Å². The van der Waals surface area contributed by atoms with Crippen LogP contribution < -0.4 is 0 Å². The number of ether oxygens (including phenoxy) is 1. The Kier molecular flexibility index (Phi) is 4.92. The van der Waals surface area contributed by atoms with Crippen LogP contribution in [0.5, 0.6) is 0 Å². The summed E-state index contributed by atoms with van der Waals surface area (Å²) >= 11 is 0. The molecule has 98 valence electrons. The summed E-state index contributed by atoms with van der Waals surface area (Å²) in [5, 5.41) is 9.97. The Hall–Kier alpha value is -1.81. The molecule has 0 bridgehead atoms. The molecule has 4 nitrogen and oxygen atoms in total. The first-order valence-corrected chi connectivity index (χ1v) is 5.74. The second kappa shape index (κ2) is 6.21. The number of carbonyl (C=O) groups is 1. The Morgan fingerprint density at radius 1 is 1.33 bits per heavy atom. The smallest absolute Gasteiger partial charge is 0.293 e. The Balaban J connectivity index is 0.000000203. The Morgan fingerprint density at radius 2 is 2.06 bits per heavy atom. The summed E-state index contributed by atoms with van der Waals surface area (Å²) in [6.07, 6.45) is 1.89. The van der Waals surface area contributed by atoms with Gasteiger partial charge < -0.3 is 14.8 Å². The molecule has 0 spiro atoms. The maximum atomic E-state index is 9.60. The van der Waals surface area contributed by atoms with E-state index in [1.807, 2.05) is 51.2 Å². The molecule has 1 aromatic heterocycles. The lowest BCUT2D eigenvalue weighted by atomic mass is 10.2. The summed E-state index contributed by atoms with van der Waals surface area (Å²) in [6.45, 7) is 6.03. The van der Waals surface area contributed by atoms with Gasteiger partial charge in [-0.25, -0.2) is 0 Å². The maximum Gasteiger partial charge on any atom is 0.293 e. The van der Waals surface area contributed by atoms with Crippen LogP contribution in [0.4, 0.5) is 0 Å². The van der Waals surface area contributed by atoms with Crippen LogP contribution in [0.15, 0.2) is 30.5 Å². The van der Waals surface area contributed by atoms with Crippen molar-refractivity contribution in [2.24, 2.45) is 0 Å². The van der Waals surface area contributed by atoms with Crippen molar-refractivity contribution in [2.45, 2.75) is 33.0 Å². The van der Waals surface area contributed by atoms with Gasteiger partial charge in [0.25, 0.3) is 6.47 Å². The first-order valence-electron chi connectivity index (χ1n) is 5.74. The van der Waals surface area contributed by atoms with Crippen molar-refractivity contribution in [3.63, 3.8) is 0 Å². The van der Waals surface area contributed by atoms with Crippen LogP contribution in [0.1, 0.15) is 26.3 Å². The lowest BCUT2D eigenvalue weighted by Gasteiger charge is -2.14. The zero-order valence-corrected chi connectivity index (χ0v) is 10.9. The Bertz CT molecular complexity index is 497. The molecule has 2 N–H and O–H groups in total. The van der Waals surface area contributed by atoms with Crippen LogP contribution in [-0.2, 0) is 16.1 Å². The molecule has 0 aliphatic heterocycles. The number of benzene rings is 1. The number of rotatable bonds is 2. The van der Waals surface area contributed by atoms with Gasteiger partial charge in [0.05, 0.1) is 6.61 Å². The fraction of sp³-hybridized carbons (Fsp3) is 0.357. The Labute approximate surface area is 107 Å². The van der Waals surface area contributed by atoms with Gasteiger partial charge in [-0.1, -0.05) is 6.07 Å². The average Bonchev–Trinajstić information content (AvgIpc) is 2.74. The fourth-order valence-corrected chi connectivity index (χ4v) is 1.35. The number of fused-ring (bicyclic) bond motifs is 1. The minimum absolute atomic E-state index is 0.112. The van der Waals surface area contributed by atoms with Crippen LogP contribution >= 0.6 is 0 Å². The van der Waals surface area contributed by atoms with E-state index in [9.17, 15) is 4.79 Å². The van der Waals surface area contributed by atoms with Crippen molar-refractivity contribution in [1.82, 2.24) is 4.98 Å². The van der Waals surface area contributed by atoms with Gasteiger partial charge >= 0.3 is 0 Å². The number of H-pyrrole nitrogens is 1. The van der Waals surface area contributed by atoms with Crippen molar-refractivity contribution in [3.8, 4) is 0 Å². The number of hydrogen-bond acceptors (Lipinski definition) is 3. The molecular weight excluding hydrogens is 230 g/mol. The second-order valence-corrected chi connectivity index (χ2v) is 4.88. The summed E-state index contributed by atoms with van der Waals surface area (Å²) in [5.74, 6) is 0. The molecule has 0 saturated carbocycles. The molecule has 1 heterocycles. The van der Waals surface area contributed by atoms with E-state index < -0.39 is 0 Å². The van der Waals surface area contributed by atoms with Crippen LogP contribution in [0.3, 0.4) is 0 Å². The fourth-order valence-electron chi connectivity index (χ4n) is 1.35. The standard InChI is InChI=1S/C9H9NO.C5H10O2/c11-6-7-1-2-9-8(5-7)3-4-10-9;1-5(2,3)7-4-6/h1-5,10-11H,6H2;4H,1-3H3. The first kappa shape index (κ1) is 14.3. The quantitative estimate of drug-likeness (QED) is 0.804. The molecule has 4 heteroatoms. The topological polar surface area (TPSA) is 62.3 Å². The SMILES string of the molecule is CC(C)(C)OC=O.OCc1ccc2[nH]ccc2c1. The van der Waals surface area contributed by atoms with Crippen molar-refractivity contribution in [3.05, 3.63) is 36.0 Å². The lowest BCUT2D eigenvalue weighted by Crippen LogP contribution is -2.17. The molecule has 0 aliphatic rings. The molecule has 0 amide bonds. The molecule has 0 aliphatic carbocycles. The third-order valence-electron chi connectivity index (χ3n) is 2.20. The van der Waals surface area contributed by atoms with Crippen molar-refractivity contribution in [2.75, 3.05) is 0 Å². The van der Waals surface area contributed by atoms with E-state index in [4.69, 9.17) is 5.11 Å². The number of carbonyl (C=O) groups excluding carboxylic acids is 1. The summed E-state index contributed by atoms with van der Waals surface area (Å²) < 4.78 is 4.55. The van der Waals surface area contributed by atoms with Gasteiger partial charge in [-0.3, -0.25) is 4.79 Å². The first-order chi connectivity index (χ1) is 8.46. The van der Waals surface area contributed by atoms with E-state index >= 15 is 0 Å². The van der Waals surface area contributed by atoms with E-state index in [1.165, 1.54) is 0 Å². The minimum Gasteiger partial charge on any atom is -0.462 e. The predicted molar refractivity (Wildman–Crippen MR) is 71.1 cm³/mol. The van der Waals surface area contributed by atoms with Gasteiger partial charge in [-0.05, 0) is 49.9 Å². The highest BCUT2D eigenvalue weighted by Gasteiger charge is 2.07. The maximum absolute atomic E-state index is 9.60. The summed E-state index contributed by atoms with van der Waals surface area (Å²) in [4.78, 5) is 12.7. The molecule has 1 aromatic carbocycles. The highest BCUT2D eigenvalue weighted by atomic mass is 16.5. The zero-order chi connectivity index (χ0) is 13.6. The van der Waals surface area contributed by atoms with Crippen molar-refractivity contribution < 1.29 is 14.6 Å². The highest BCUT2D eigenvalue weighted by Crippen LogP contribution is 2.13. The van der Waals surface area contributed by atoms with Gasteiger partial charge in [0.15, 0.2) is 0 Å². The molecule has 2 aromatic rings. The second-order valence-electron chi connectivity index (χ2n) is 4.88. The molecule has 0 saturated heterocycles. The zero-order valence-electron chi connectivity index (χ0n) is 10.9. The van der Waals surface area contributed by atoms with Crippen LogP contribution in [0.2, 0.25) is 0 Å². The lowest BCUT2D eigenvalue weighted by molar-refractivity contribution is -0.138. The monoisotopic (exact) mass is 249 g/mol. The van der Waals surface area contributed by atoms with Gasteiger partial charge in [0.2, 0.25) is 0 Å². The Morgan fingerprint density at radius 3 is 2.56 bits per heavy atom. The summed E-state index contributed by atoms with van der Waals surface area (Å²) in [6, 6.07) is 7.86. The van der Waals surface area contributed by atoms with E-state index in [1.54, 1.807) is 0 Å². The molecule has 18 heavy (non-hydrogen) atoms. The molecule has 0 unspecified atom stereocenters. The molecule has 0 atom stereocenters. The third-order valence-corrected chi connectivity index (χ3v) is 2.20. The summed E-state index contributed by atoms with van der Waals surface area (Å²) in [7, 11) is 0. The largest absolute Gasteiger partial charge is 0.462 e. The van der Waals surface area contributed by atoms with Crippen LogP contribution in [0.25, 0.3) is 10.9 Å². The van der Waals surface area contributed by atoms with Gasteiger partial charge in [0.1, 0.15) is 5.60 Å². The van der Waals surface area contributed by atoms with Gasteiger partial charge in [-0.15, -0.1) is 0 Å². The number of aromatic nitrogens is 1. The number of aliphatic hydroxyl groups is 1. The molecular formula is C14H19NO3. The van der Waals surface area contributed by atoms with Crippen LogP contribution in [-0.4, -0.2) is 22.2 Å². The van der Waals surface area contributed by atoms with Gasteiger partial charge in [-0.2, -0.15) is 0 Å². The molecule has 0 fully saturated rings. The van der Waals surface area contributed by atoms with Crippen LogP contribution in [0, 0.1) is 0 Å². The van der Waals surface area contributed by atoms with E-state index in [2.05, 4.69) is 9.72 Å². The van der Waals surface area contributed by atoms with Gasteiger partial charge in [0, 0.05) is 11.7 Å². The average molecular weight is 249 g/mol. The minimum atomic E-state index is -0.318. The number of nitrogens with one attached hydrogen (secondary N) is 1. The molecule has 0 radical (unpaired) electrons. The third kappa shape index (κ3) is 4.59. The number of hydrogen-bond donors (Lipinski definition) is 2. The summed E-state index contributed by atoms with van der Waals surface area (Å²) in [5.41, 5.74) is 1.75. The predicted octanol–water partition coefficient (Wildman–Crippen LogP) is 2.62. The molecule has 2 rings (SSSR count). The van der Waals surface area contributed by atoms with E-state index in [0.717, 1.165) is 16.5 Å². The number of aliphatic hydroxyl groups excluding tert-OH is 1. The number of aromatic amines is 1.